The number of alkyl halides is 3. The molecule has 13 heteroatoms. The lowest BCUT2D eigenvalue weighted by Gasteiger charge is -2.35. The summed E-state index contributed by atoms with van der Waals surface area (Å²) in [6, 6.07) is 13.1. The number of imidazole rings is 1. The number of benzene rings is 2. The number of halogens is 4. The van der Waals surface area contributed by atoms with E-state index in [4.69, 9.17) is 11.6 Å². The summed E-state index contributed by atoms with van der Waals surface area (Å²) in [5.74, 6) is 0.616. The van der Waals surface area contributed by atoms with Crippen LogP contribution in [0.3, 0.4) is 0 Å². The highest BCUT2D eigenvalue weighted by atomic mass is 35.5. The van der Waals surface area contributed by atoms with Crippen molar-refractivity contribution in [2.75, 3.05) is 41.7 Å². The smallest absolute Gasteiger partial charge is 0.353 e. The number of anilines is 3. The van der Waals surface area contributed by atoms with Gasteiger partial charge in [0, 0.05) is 45.1 Å². The van der Waals surface area contributed by atoms with E-state index in [1.165, 1.54) is 22.9 Å². The van der Waals surface area contributed by atoms with Gasteiger partial charge in [-0.15, -0.1) is 0 Å². The summed E-state index contributed by atoms with van der Waals surface area (Å²) in [5, 5.41) is 5.64. The summed E-state index contributed by atoms with van der Waals surface area (Å²) in [6.45, 7) is 5.87. The monoisotopic (exact) mass is 611 g/mol. The highest BCUT2D eigenvalue weighted by Gasteiger charge is 2.30. The van der Waals surface area contributed by atoms with Crippen molar-refractivity contribution in [3.8, 4) is 0 Å². The summed E-state index contributed by atoms with van der Waals surface area (Å²) >= 11 is 6.23. The number of nitrogens with one attached hydrogen (secondary N) is 2. The number of carbonyl (C=O) groups excluding carboxylic acids is 2. The number of pyridine rings is 1. The molecule has 5 rings (SSSR count). The molecule has 0 unspecified atom stereocenters. The van der Waals surface area contributed by atoms with Gasteiger partial charge in [0.05, 0.1) is 16.3 Å². The molecule has 43 heavy (non-hydrogen) atoms. The minimum Gasteiger partial charge on any atom is -0.353 e. The van der Waals surface area contributed by atoms with Crippen molar-refractivity contribution in [2.24, 2.45) is 0 Å². The second-order valence-electron chi connectivity index (χ2n) is 10.3. The number of hydrogen-bond donors (Lipinski definition) is 2. The van der Waals surface area contributed by atoms with Crippen molar-refractivity contribution in [3.63, 3.8) is 0 Å². The van der Waals surface area contributed by atoms with Crippen LogP contribution in [-0.4, -0.2) is 57.6 Å². The summed E-state index contributed by atoms with van der Waals surface area (Å²) in [5.41, 5.74) is 2.16. The number of urea groups is 1. The summed E-state index contributed by atoms with van der Waals surface area (Å²) in [6.07, 6.45) is -1.23. The summed E-state index contributed by atoms with van der Waals surface area (Å²) < 4.78 is 40.8. The van der Waals surface area contributed by atoms with E-state index in [9.17, 15) is 22.8 Å². The van der Waals surface area contributed by atoms with Gasteiger partial charge in [0.15, 0.2) is 5.82 Å². The Bertz CT molecular complexity index is 1630. The molecular formula is C30H29ClF3N7O2. The van der Waals surface area contributed by atoms with Crippen molar-refractivity contribution < 1.29 is 22.8 Å². The number of aromatic nitrogens is 3. The molecule has 1 saturated heterocycles. The summed E-state index contributed by atoms with van der Waals surface area (Å²) in [4.78, 5) is 39.0. The van der Waals surface area contributed by atoms with Gasteiger partial charge in [-0.05, 0) is 66.9 Å². The first-order valence-electron chi connectivity index (χ1n) is 13.5. The van der Waals surface area contributed by atoms with Crippen molar-refractivity contribution >= 4 is 40.9 Å². The fourth-order valence-corrected chi connectivity index (χ4v) is 5.01. The molecule has 0 bridgehead atoms. The topological polar surface area (TPSA) is 95.4 Å². The molecule has 1 fully saturated rings. The predicted molar refractivity (Wildman–Crippen MR) is 159 cm³/mol. The van der Waals surface area contributed by atoms with Crippen LogP contribution in [0.5, 0.6) is 0 Å². The quantitative estimate of drug-likeness (QED) is 0.270. The Morgan fingerprint density at radius 1 is 0.930 bits per heavy atom. The van der Waals surface area contributed by atoms with Gasteiger partial charge >= 0.3 is 12.2 Å². The second kappa shape index (κ2) is 12.3. The van der Waals surface area contributed by atoms with Gasteiger partial charge in [-0.2, -0.15) is 13.2 Å². The zero-order valence-corrected chi connectivity index (χ0v) is 24.2. The average Bonchev–Trinajstić information content (AvgIpc) is 3.35. The fraction of sp³-hybridized carbons (Fsp3) is 0.267. The Hall–Kier alpha value is -4.58. The Balaban J connectivity index is 1.35. The van der Waals surface area contributed by atoms with Crippen LogP contribution in [-0.2, 0) is 12.7 Å². The summed E-state index contributed by atoms with van der Waals surface area (Å²) in [7, 11) is 0. The average molecular weight is 612 g/mol. The van der Waals surface area contributed by atoms with Crippen LogP contribution in [0.25, 0.3) is 0 Å². The number of rotatable bonds is 6. The van der Waals surface area contributed by atoms with E-state index in [0.717, 1.165) is 29.1 Å². The predicted octanol–water partition coefficient (Wildman–Crippen LogP) is 6.22. The minimum absolute atomic E-state index is 0.0469. The van der Waals surface area contributed by atoms with Gasteiger partial charge in [0.25, 0.3) is 5.91 Å². The lowest BCUT2D eigenvalue weighted by Crippen LogP contribution is -2.49. The molecule has 0 atom stereocenters. The molecule has 3 heterocycles. The molecule has 4 aromatic rings. The van der Waals surface area contributed by atoms with Gasteiger partial charge < -0.3 is 19.7 Å². The van der Waals surface area contributed by atoms with Crippen molar-refractivity contribution in [1.29, 1.82) is 0 Å². The van der Waals surface area contributed by atoms with Gasteiger partial charge in [-0.25, -0.2) is 14.8 Å². The van der Waals surface area contributed by atoms with Gasteiger partial charge in [0.1, 0.15) is 5.82 Å². The maximum absolute atomic E-state index is 13.7. The molecule has 9 nitrogen and oxygen atoms in total. The third-order valence-electron chi connectivity index (χ3n) is 7.01. The van der Waals surface area contributed by atoms with E-state index in [0.29, 0.717) is 42.5 Å². The minimum atomic E-state index is -4.46. The number of hydrogen-bond acceptors (Lipinski definition) is 5. The zero-order valence-electron chi connectivity index (χ0n) is 23.5. The second-order valence-corrected chi connectivity index (χ2v) is 10.7. The van der Waals surface area contributed by atoms with Crippen LogP contribution in [0, 0.1) is 13.8 Å². The lowest BCUT2D eigenvalue weighted by atomic mass is 10.1. The van der Waals surface area contributed by atoms with Crippen molar-refractivity contribution in [2.45, 2.75) is 26.6 Å². The highest BCUT2D eigenvalue weighted by molar-refractivity contribution is 6.33. The largest absolute Gasteiger partial charge is 0.416 e. The van der Waals surface area contributed by atoms with Gasteiger partial charge in [0.2, 0.25) is 5.82 Å². The Morgan fingerprint density at radius 2 is 1.63 bits per heavy atom. The first kappa shape index (κ1) is 29.9. The molecule has 2 N–H and O–H groups in total. The lowest BCUT2D eigenvalue weighted by molar-refractivity contribution is -0.137. The highest BCUT2D eigenvalue weighted by Crippen LogP contribution is 2.29. The molecule has 0 saturated carbocycles. The molecule has 3 amide bonds. The molecule has 224 valence electrons. The first-order chi connectivity index (χ1) is 20.5. The van der Waals surface area contributed by atoms with Gasteiger partial charge in [-0.3, -0.25) is 10.1 Å². The van der Waals surface area contributed by atoms with E-state index < -0.39 is 17.8 Å². The van der Waals surface area contributed by atoms with Crippen molar-refractivity contribution in [3.05, 3.63) is 100 Å². The molecule has 0 aliphatic carbocycles. The third kappa shape index (κ3) is 7.26. The third-order valence-corrected chi connectivity index (χ3v) is 7.32. The number of carbonyl (C=O) groups is 2. The standard InChI is InChI=1S/C30H29ClF3N7O2/c1-19-3-8-24(23(31)15-19)36-29(43)38-25-18-41(17-21-4-6-22(7-5-21)30(32,33)34)27(37-25)28(42)40-13-11-39(12-14-40)26-16-20(2)9-10-35-26/h3-10,15-16,18H,11-14,17H2,1-2H3,(H2,36,38,43). The molecular weight excluding hydrogens is 583 g/mol. The first-order valence-corrected chi connectivity index (χ1v) is 13.9. The Labute approximate surface area is 251 Å². The molecule has 1 aliphatic rings. The van der Waals surface area contributed by atoms with Crippen molar-refractivity contribution in [1.82, 2.24) is 19.4 Å². The van der Waals surface area contributed by atoms with E-state index in [2.05, 4.69) is 25.5 Å². The maximum Gasteiger partial charge on any atom is 0.416 e. The number of piperazine rings is 1. The van der Waals surface area contributed by atoms with Crippen LogP contribution in [0.1, 0.15) is 32.9 Å². The number of amides is 3. The van der Waals surface area contributed by atoms with E-state index in [1.807, 2.05) is 26.0 Å². The van der Waals surface area contributed by atoms with Crippen LogP contribution < -0.4 is 15.5 Å². The van der Waals surface area contributed by atoms with Crippen LogP contribution in [0.2, 0.25) is 5.02 Å². The maximum atomic E-state index is 13.7. The molecule has 1 aliphatic heterocycles. The molecule has 2 aromatic carbocycles. The normalized spacial score (nSPS) is 13.6. The molecule has 0 radical (unpaired) electrons. The van der Waals surface area contributed by atoms with Crippen LogP contribution >= 0.6 is 11.6 Å². The number of nitrogens with zero attached hydrogens (tertiary/aromatic N) is 5. The molecule has 0 spiro atoms. The fourth-order valence-electron chi connectivity index (χ4n) is 4.73. The SMILES string of the molecule is Cc1ccnc(N2CCN(C(=O)c3nc(NC(=O)Nc4ccc(C)cc4Cl)cn3Cc3ccc(C(F)(F)F)cc3)CC2)c1. The number of aryl methyl sites for hydroxylation is 2. The van der Waals surface area contributed by atoms with Gasteiger partial charge in [-0.1, -0.05) is 29.8 Å². The zero-order chi connectivity index (χ0) is 30.7. The Morgan fingerprint density at radius 3 is 2.28 bits per heavy atom. The van der Waals surface area contributed by atoms with E-state index in [1.54, 1.807) is 29.3 Å². The van der Waals surface area contributed by atoms with Crippen LogP contribution in [0.15, 0.2) is 67.0 Å². The Kier molecular flexibility index (Phi) is 8.58. The van der Waals surface area contributed by atoms with E-state index >= 15 is 0 Å². The van der Waals surface area contributed by atoms with E-state index in [-0.39, 0.29) is 24.1 Å². The molecule has 2 aromatic heterocycles. The van der Waals surface area contributed by atoms with Crippen LogP contribution in [0.4, 0.5) is 35.3 Å².